The first kappa shape index (κ1) is 11.4. The smallest absolute Gasteiger partial charge is 0.223 e. The fourth-order valence-corrected chi connectivity index (χ4v) is 1.27. The summed E-state index contributed by atoms with van der Waals surface area (Å²) in [6.07, 6.45) is 3.09. The fourth-order valence-electron chi connectivity index (χ4n) is 1.27. The van der Waals surface area contributed by atoms with Crippen molar-refractivity contribution in [1.29, 1.82) is 0 Å². The Bertz CT molecular complexity index is 517. The molecule has 0 aromatic carbocycles. The van der Waals surface area contributed by atoms with E-state index in [4.69, 9.17) is 5.73 Å². The Morgan fingerprint density at radius 1 is 1.12 bits per heavy atom. The molecule has 0 unspecified atom stereocenters. The van der Waals surface area contributed by atoms with E-state index in [0.29, 0.717) is 17.3 Å². The molecule has 6 heteroatoms. The molecule has 2 heterocycles. The zero-order valence-corrected chi connectivity index (χ0v) is 10.0. The maximum Gasteiger partial charge on any atom is 0.223 e. The van der Waals surface area contributed by atoms with E-state index < -0.39 is 0 Å². The lowest BCUT2D eigenvalue weighted by atomic mass is 9.96. The molecule has 0 aliphatic heterocycles. The molecular formula is C11H14N6. The van der Waals surface area contributed by atoms with Crippen LogP contribution in [0.4, 0.5) is 5.95 Å². The van der Waals surface area contributed by atoms with E-state index in [0.717, 1.165) is 0 Å². The summed E-state index contributed by atoms with van der Waals surface area (Å²) >= 11 is 0. The van der Waals surface area contributed by atoms with Gasteiger partial charge < -0.3 is 5.73 Å². The first-order valence-corrected chi connectivity index (χ1v) is 5.25. The summed E-state index contributed by atoms with van der Waals surface area (Å²) in [5.74, 6) is 1.34. The Kier molecular flexibility index (Phi) is 2.71. The van der Waals surface area contributed by atoms with E-state index in [1.807, 2.05) is 20.8 Å². The molecule has 2 N–H and O–H groups in total. The van der Waals surface area contributed by atoms with E-state index in [1.54, 1.807) is 12.3 Å². The maximum absolute atomic E-state index is 5.69. The van der Waals surface area contributed by atoms with Gasteiger partial charge in [-0.2, -0.15) is 9.97 Å². The molecule has 0 amide bonds. The van der Waals surface area contributed by atoms with Crippen LogP contribution < -0.4 is 5.73 Å². The number of rotatable bonds is 1. The van der Waals surface area contributed by atoms with E-state index in [2.05, 4.69) is 24.9 Å². The molecule has 0 aliphatic rings. The average Bonchev–Trinajstić information content (AvgIpc) is 2.28. The Balaban J connectivity index is 2.54. The Labute approximate surface area is 99.4 Å². The second-order valence-corrected chi connectivity index (χ2v) is 4.69. The van der Waals surface area contributed by atoms with Crippen LogP contribution in [-0.2, 0) is 5.41 Å². The maximum atomic E-state index is 5.69. The molecule has 6 nitrogen and oxygen atoms in total. The number of nitrogens with zero attached hydrogens (tertiary/aromatic N) is 5. The van der Waals surface area contributed by atoms with Crippen LogP contribution in [0.2, 0.25) is 0 Å². The van der Waals surface area contributed by atoms with Gasteiger partial charge in [0.15, 0.2) is 5.82 Å². The fraction of sp³-hybridized carbons (Fsp3) is 0.364. The second kappa shape index (κ2) is 4.04. The van der Waals surface area contributed by atoms with Crippen molar-refractivity contribution >= 4 is 5.95 Å². The Morgan fingerprint density at radius 2 is 1.88 bits per heavy atom. The molecule has 0 radical (unpaired) electrons. The molecule has 2 rings (SSSR count). The van der Waals surface area contributed by atoms with Crippen molar-refractivity contribution in [2.75, 3.05) is 5.73 Å². The predicted molar refractivity (Wildman–Crippen MR) is 64.0 cm³/mol. The molecule has 0 atom stereocenters. The second-order valence-electron chi connectivity index (χ2n) is 4.69. The van der Waals surface area contributed by atoms with Gasteiger partial charge in [0.25, 0.3) is 0 Å². The van der Waals surface area contributed by atoms with Crippen LogP contribution in [-0.4, -0.2) is 24.9 Å². The van der Waals surface area contributed by atoms with Gasteiger partial charge in [-0.05, 0) is 6.07 Å². The number of nitrogens with two attached hydrogens (primary N) is 1. The monoisotopic (exact) mass is 230 g/mol. The zero-order chi connectivity index (χ0) is 12.5. The highest BCUT2D eigenvalue weighted by atomic mass is 15.1. The third kappa shape index (κ3) is 2.52. The Hall–Kier alpha value is -2.11. The van der Waals surface area contributed by atoms with Gasteiger partial charge in [-0.3, -0.25) is 0 Å². The number of hydrogen-bond acceptors (Lipinski definition) is 6. The lowest BCUT2D eigenvalue weighted by Gasteiger charge is -2.16. The van der Waals surface area contributed by atoms with Crippen LogP contribution in [0.15, 0.2) is 18.6 Å². The van der Waals surface area contributed by atoms with Gasteiger partial charge in [-0.1, -0.05) is 20.8 Å². The van der Waals surface area contributed by atoms with E-state index >= 15 is 0 Å². The minimum atomic E-state index is -0.182. The van der Waals surface area contributed by atoms with E-state index in [1.165, 1.54) is 6.33 Å². The van der Waals surface area contributed by atoms with Crippen molar-refractivity contribution in [3.05, 3.63) is 24.4 Å². The summed E-state index contributed by atoms with van der Waals surface area (Å²) in [6, 6.07) is 1.74. The zero-order valence-electron chi connectivity index (χ0n) is 10.0. The van der Waals surface area contributed by atoms with Crippen molar-refractivity contribution in [3.8, 4) is 11.5 Å². The number of anilines is 1. The van der Waals surface area contributed by atoms with Crippen molar-refractivity contribution in [3.63, 3.8) is 0 Å². The minimum absolute atomic E-state index is 0.182. The third-order valence-electron chi connectivity index (χ3n) is 2.13. The molecule has 0 bridgehead atoms. The van der Waals surface area contributed by atoms with E-state index in [9.17, 15) is 0 Å². The van der Waals surface area contributed by atoms with E-state index in [-0.39, 0.29) is 11.4 Å². The van der Waals surface area contributed by atoms with Gasteiger partial charge in [-0.25, -0.2) is 15.0 Å². The van der Waals surface area contributed by atoms with Gasteiger partial charge in [0, 0.05) is 11.6 Å². The summed E-state index contributed by atoms with van der Waals surface area (Å²) in [7, 11) is 0. The molecular weight excluding hydrogens is 216 g/mol. The van der Waals surface area contributed by atoms with Crippen molar-refractivity contribution in [2.24, 2.45) is 0 Å². The summed E-state index contributed by atoms with van der Waals surface area (Å²) in [5.41, 5.74) is 6.14. The van der Waals surface area contributed by atoms with Crippen LogP contribution in [0.1, 0.15) is 26.6 Å². The molecule has 0 saturated heterocycles. The lowest BCUT2D eigenvalue weighted by molar-refractivity contribution is 0.544. The molecule has 2 aromatic heterocycles. The van der Waals surface area contributed by atoms with Gasteiger partial charge in [0.2, 0.25) is 5.95 Å². The van der Waals surface area contributed by atoms with Gasteiger partial charge >= 0.3 is 0 Å². The predicted octanol–water partition coefficient (Wildman–Crippen LogP) is 1.21. The molecule has 0 spiro atoms. The summed E-state index contributed by atoms with van der Waals surface area (Å²) in [6.45, 7) is 6.06. The molecule has 2 aromatic rings. The summed E-state index contributed by atoms with van der Waals surface area (Å²) in [4.78, 5) is 20.6. The van der Waals surface area contributed by atoms with Gasteiger partial charge in [0.05, 0.1) is 0 Å². The quantitative estimate of drug-likeness (QED) is 0.791. The Morgan fingerprint density at radius 3 is 2.47 bits per heavy atom. The largest absolute Gasteiger partial charge is 0.368 e. The molecule has 0 aliphatic carbocycles. The standard InChI is InChI=1S/C11H14N6/c1-11(2,3)9-15-8(16-10(12)17-9)7-4-5-13-6-14-7/h4-6H,1-3H3,(H2,12,15,16,17). The van der Waals surface area contributed by atoms with Crippen LogP contribution >= 0.6 is 0 Å². The van der Waals surface area contributed by atoms with Crippen LogP contribution in [0.25, 0.3) is 11.5 Å². The first-order chi connectivity index (χ1) is 7.97. The SMILES string of the molecule is CC(C)(C)c1nc(N)nc(-c2ccncn2)n1. The molecule has 0 saturated carbocycles. The first-order valence-electron chi connectivity index (χ1n) is 5.25. The highest BCUT2D eigenvalue weighted by molar-refractivity contribution is 5.49. The van der Waals surface area contributed by atoms with Crippen molar-refractivity contribution < 1.29 is 0 Å². The number of nitrogen functional groups attached to an aromatic ring is 1. The molecule has 88 valence electrons. The van der Waals surface area contributed by atoms with Crippen molar-refractivity contribution in [1.82, 2.24) is 24.9 Å². The average molecular weight is 230 g/mol. The minimum Gasteiger partial charge on any atom is -0.368 e. The van der Waals surface area contributed by atoms with Gasteiger partial charge in [-0.15, -0.1) is 0 Å². The molecule has 0 fully saturated rings. The van der Waals surface area contributed by atoms with Crippen LogP contribution in [0, 0.1) is 0 Å². The van der Waals surface area contributed by atoms with Crippen LogP contribution in [0.3, 0.4) is 0 Å². The summed E-state index contributed by atoms with van der Waals surface area (Å²) in [5, 5.41) is 0. The topological polar surface area (TPSA) is 90.5 Å². The number of aromatic nitrogens is 5. The van der Waals surface area contributed by atoms with Crippen molar-refractivity contribution in [2.45, 2.75) is 26.2 Å². The lowest BCUT2D eigenvalue weighted by Crippen LogP contribution is -2.18. The third-order valence-corrected chi connectivity index (χ3v) is 2.13. The normalized spacial score (nSPS) is 11.5. The van der Waals surface area contributed by atoms with Crippen LogP contribution in [0.5, 0.6) is 0 Å². The van der Waals surface area contributed by atoms with Gasteiger partial charge in [0.1, 0.15) is 17.8 Å². The summed E-state index contributed by atoms with van der Waals surface area (Å²) < 4.78 is 0. The number of hydrogen-bond donors (Lipinski definition) is 1. The highest BCUT2D eigenvalue weighted by Crippen LogP contribution is 2.21. The highest BCUT2D eigenvalue weighted by Gasteiger charge is 2.19. The molecule has 17 heavy (non-hydrogen) atoms.